The van der Waals surface area contributed by atoms with E-state index >= 15 is 0 Å². The van der Waals surface area contributed by atoms with Gasteiger partial charge in [-0.2, -0.15) is 0 Å². The highest BCUT2D eigenvalue weighted by Crippen LogP contribution is 2.29. The third-order valence-electron chi connectivity index (χ3n) is 5.26. The molecule has 0 spiro atoms. The maximum atomic E-state index is 12.6. The van der Waals surface area contributed by atoms with E-state index in [0.29, 0.717) is 21.9 Å². The molecule has 0 fully saturated rings. The Labute approximate surface area is 218 Å². The molecule has 2 aromatic heterocycles. The minimum absolute atomic E-state index is 0.0781. The van der Waals surface area contributed by atoms with Crippen molar-refractivity contribution >= 4 is 45.7 Å². The molecule has 0 unspecified atom stereocenters. The highest BCUT2D eigenvalue weighted by Gasteiger charge is 2.18. The van der Waals surface area contributed by atoms with Crippen LogP contribution in [0, 0.1) is 0 Å². The molecule has 1 amide bonds. The van der Waals surface area contributed by atoms with Gasteiger partial charge in [-0.1, -0.05) is 86.6 Å². The fourth-order valence-corrected chi connectivity index (χ4v) is 5.00. The third kappa shape index (κ3) is 6.20. The van der Waals surface area contributed by atoms with Crippen molar-refractivity contribution in [3.8, 4) is 22.6 Å². The van der Waals surface area contributed by atoms with Gasteiger partial charge in [0.15, 0.2) is 16.1 Å². The Kier molecular flexibility index (Phi) is 7.74. The van der Waals surface area contributed by atoms with Crippen LogP contribution in [0.3, 0.4) is 0 Å². The molecule has 2 aromatic carbocycles. The quantitative estimate of drug-likeness (QED) is 0.200. The number of benzene rings is 2. The van der Waals surface area contributed by atoms with Crippen molar-refractivity contribution in [3.63, 3.8) is 0 Å². The minimum atomic E-state index is -0.156. The van der Waals surface area contributed by atoms with E-state index in [1.165, 1.54) is 28.7 Å². The lowest BCUT2D eigenvalue weighted by atomic mass is 9.87. The van der Waals surface area contributed by atoms with E-state index in [-0.39, 0.29) is 17.1 Å². The van der Waals surface area contributed by atoms with Crippen molar-refractivity contribution in [3.05, 3.63) is 77.2 Å². The van der Waals surface area contributed by atoms with Gasteiger partial charge in [0.05, 0.1) is 11.4 Å². The molecule has 0 atom stereocenters. The van der Waals surface area contributed by atoms with Gasteiger partial charge >= 0.3 is 0 Å². The first-order valence-corrected chi connectivity index (χ1v) is 13.3. The van der Waals surface area contributed by atoms with Crippen molar-refractivity contribution in [2.75, 3.05) is 11.1 Å². The summed E-state index contributed by atoms with van der Waals surface area (Å²) in [6, 6.07) is 15.8. The first kappa shape index (κ1) is 25.2. The third-order valence-corrected chi connectivity index (χ3v) is 7.24. The van der Waals surface area contributed by atoms with Crippen LogP contribution in [0.5, 0.6) is 0 Å². The SMILES string of the molecule is C=CCn1c(SCC(=O)Nc2nc(-c3ccc(Cl)cc3)cs2)nnc1-c1ccc(C(C)(C)C)cc1. The van der Waals surface area contributed by atoms with E-state index in [1.54, 1.807) is 6.08 Å². The van der Waals surface area contributed by atoms with Crippen molar-refractivity contribution in [1.82, 2.24) is 19.7 Å². The summed E-state index contributed by atoms with van der Waals surface area (Å²) in [5.74, 6) is 0.783. The number of nitrogens with zero attached hydrogens (tertiary/aromatic N) is 4. The van der Waals surface area contributed by atoms with E-state index in [2.05, 4.69) is 72.1 Å². The predicted octanol–water partition coefficient (Wildman–Crippen LogP) is 6.94. The van der Waals surface area contributed by atoms with Gasteiger partial charge in [0, 0.05) is 28.1 Å². The molecule has 0 aliphatic rings. The Hall–Kier alpha value is -2.94. The number of aromatic nitrogens is 4. The van der Waals surface area contributed by atoms with E-state index in [1.807, 2.05) is 34.2 Å². The van der Waals surface area contributed by atoms with Crippen LogP contribution in [-0.4, -0.2) is 31.4 Å². The van der Waals surface area contributed by atoms with E-state index < -0.39 is 0 Å². The molecule has 0 aliphatic heterocycles. The highest BCUT2D eigenvalue weighted by molar-refractivity contribution is 7.99. The summed E-state index contributed by atoms with van der Waals surface area (Å²) >= 11 is 8.67. The minimum Gasteiger partial charge on any atom is -0.301 e. The van der Waals surface area contributed by atoms with Crippen LogP contribution in [0.2, 0.25) is 5.02 Å². The second-order valence-corrected chi connectivity index (χ2v) is 11.2. The number of rotatable bonds is 8. The fourth-order valence-electron chi connectivity index (χ4n) is 3.39. The standard InChI is InChI=1S/C26H26ClN5OS2/c1-5-14-32-23(18-6-10-19(11-7-18)26(2,3)4)30-31-25(32)35-16-22(33)29-24-28-21(15-34-24)17-8-12-20(27)13-9-17/h5-13,15H,1,14,16H2,2-4H3,(H,28,29,33). The van der Waals surface area contributed by atoms with Crippen LogP contribution in [0.15, 0.2) is 71.7 Å². The zero-order valence-corrected chi connectivity index (χ0v) is 22.2. The van der Waals surface area contributed by atoms with Gasteiger partial charge in [0.1, 0.15) is 0 Å². The predicted molar refractivity (Wildman–Crippen MR) is 146 cm³/mol. The molecule has 0 bridgehead atoms. The van der Waals surface area contributed by atoms with Crippen molar-refractivity contribution in [1.29, 1.82) is 0 Å². The molecular formula is C26H26ClN5OS2. The van der Waals surface area contributed by atoms with Gasteiger partial charge in [-0.3, -0.25) is 9.36 Å². The van der Waals surface area contributed by atoms with Crippen molar-refractivity contribution in [2.24, 2.45) is 0 Å². The number of thiazole rings is 1. The van der Waals surface area contributed by atoms with Crippen LogP contribution in [0.1, 0.15) is 26.3 Å². The topological polar surface area (TPSA) is 72.7 Å². The smallest absolute Gasteiger partial charge is 0.236 e. The number of thioether (sulfide) groups is 1. The lowest BCUT2D eigenvalue weighted by Crippen LogP contribution is -2.14. The number of hydrogen-bond acceptors (Lipinski definition) is 6. The van der Waals surface area contributed by atoms with Gasteiger partial charge in [-0.15, -0.1) is 28.1 Å². The lowest BCUT2D eigenvalue weighted by Gasteiger charge is -2.19. The lowest BCUT2D eigenvalue weighted by molar-refractivity contribution is -0.113. The molecule has 4 rings (SSSR count). The number of anilines is 1. The first-order chi connectivity index (χ1) is 16.7. The molecule has 1 N–H and O–H groups in total. The number of carbonyl (C=O) groups is 1. The Morgan fingerprint density at radius 3 is 2.46 bits per heavy atom. The molecule has 0 saturated heterocycles. The fraction of sp³-hybridized carbons (Fsp3) is 0.231. The number of allylic oxidation sites excluding steroid dienone is 1. The molecule has 0 radical (unpaired) electrons. The zero-order chi connectivity index (χ0) is 25.0. The second kappa shape index (κ2) is 10.8. The summed E-state index contributed by atoms with van der Waals surface area (Å²) in [5, 5.41) is 15.4. The average Bonchev–Trinajstić information content (AvgIpc) is 3.45. The molecule has 2 heterocycles. The molecule has 0 aliphatic carbocycles. The monoisotopic (exact) mass is 523 g/mol. The van der Waals surface area contributed by atoms with E-state index in [4.69, 9.17) is 11.6 Å². The van der Waals surface area contributed by atoms with Gasteiger partial charge in [-0.05, 0) is 23.1 Å². The largest absolute Gasteiger partial charge is 0.301 e. The summed E-state index contributed by atoms with van der Waals surface area (Å²) in [6.07, 6.45) is 1.80. The summed E-state index contributed by atoms with van der Waals surface area (Å²) in [6.45, 7) is 11.0. The number of amides is 1. The maximum Gasteiger partial charge on any atom is 0.236 e. The van der Waals surface area contributed by atoms with Crippen LogP contribution in [0.4, 0.5) is 5.13 Å². The highest BCUT2D eigenvalue weighted by atomic mass is 35.5. The zero-order valence-electron chi connectivity index (χ0n) is 19.8. The number of hydrogen-bond donors (Lipinski definition) is 1. The van der Waals surface area contributed by atoms with Gasteiger partial charge in [0.2, 0.25) is 5.91 Å². The van der Waals surface area contributed by atoms with Crippen molar-refractivity contribution in [2.45, 2.75) is 37.9 Å². The summed E-state index contributed by atoms with van der Waals surface area (Å²) in [4.78, 5) is 17.1. The summed E-state index contributed by atoms with van der Waals surface area (Å²) in [7, 11) is 0. The number of halogens is 1. The summed E-state index contributed by atoms with van der Waals surface area (Å²) in [5.41, 5.74) is 4.04. The average molecular weight is 524 g/mol. The molecular weight excluding hydrogens is 498 g/mol. The normalized spacial score (nSPS) is 11.4. The Balaban J connectivity index is 1.42. The maximum absolute atomic E-state index is 12.6. The number of carbonyl (C=O) groups excluding carboxylic acids is 1. The summed E-state index contributed by atoms with van der Waals surface area (Å²) < 4.78 is 1.97. The molecule has 9 heteroatoms. The van der Waals surface area contributed by atoms with E-state index in [9.17, 15) is 4.79 Å². The number of nitrogens with one attached hydrogen (secondary N) is 1. The molecule has 180 valence electrons. The molecule has 0 saturated carbocycles. The molecule has 4 aromatic rings. The van der Waals surface area contributed by atoms with Crippen LogP contribution >= 0.6 is 34.7 Å². The second-order valence-electron chi connectivity index (χ2n) is 8.91. The first-order valence-electron chi connectivity index (χ1n) is 11.0. The molecule has 35 heavy (non-hydrogen) atoms. The van der Waals surface area contributed by atoms with Crippen LogP contribution < -0.4 is 5.32 Å². The van der Waals surface area contributed by atoms with Gasteiger partial charge < -0.3 is 5.32 Å². The van der Waals surface area contributed by atoms with Gasteiger partial charge in [0.25, 0.3) is 0 Å². The Morgan fingerprint density at radius 2 is 1.80 bits per heavy atom. The molecule has 6 nitrogen and oxygen atoms in total. The van der Waals surface area contributed by atoms with Gasteiger partial charge in [-0.25, -0.2) is 4.98 Å². The van der Waals surface area contributed by atoms with Crippen LogP contribution in [0.25, 0.3) is 22.6 Å². The Morgan fingerprint density at radius 1 is 1.11 bits per heavy atom. The Bertz CT molecular complexity index is 1320. The van der Waals surface area contributed by atoms with Crippen molar-refractivity contribution < 1.29 is 4.79 Å². The van der Waals surface area contributed by atoms with E-state index in [0.717, 1.165) is 22.6 Å². The van der Waals surface area contributed by atoms with Crippen LogP contribution in [-0.2, 0) is 16.8 Å².